The van der Waals surface area contributed by atoms with Gasteiger partial charge in [0.25, 0.3) is 15.7 Å². The van der Waals surface area contributed by atoms with E-state index in [1.165, 1.54) is 32.1 Å². The molecule has 9 nitrogen and oxygen atoms in total. The highest BCUT2D eigenvalue weighted by Gasteiger charge is 2.60. The van der Waals surface area contributed by atoms with E-state index in [1.54, 1.807) is 6.07 Å². The van der Waals surface area contributed by atoms with Gasteiger partial charge < -0.3 is 10.1 Å². The van der Waals surface area contributed by atoms with Crippen LogP contribution < -0.4 is 14.4 Å². The Morgan fingerprint density at radius 2 is 1.74 bits per heavy atom. The van der Waals surface area contributed by atoms with Crippen LogP contribution in [0.3, 0.4) is 0 Å². The highest BCUT2D eigenvalue weighted by Crippen LogP contribution is 2.66. The van der Waals surface area contributed by atoms with Crippen LogP contribution in [0.4, 0.5) is 11.4 Å². The topological polar surface area (TPSA) is 119 Å². The molecule has 1 amide bonds. The number of rotatable bonds is 8. The molecule has 0 radical (unpaired) electrons. The fourth-order valence-corrected chi connectivity index (χ4v) is 9.67. The molecule has 6 rings (SSSR count). The maximum absolute atomic E-state index is 13.9. The third kappa shape index (κ3) is 4.84. The van der Waals surface area contributed by atoms with Crippen LogP contribution in [0.1, 0.15) is 52.4 Å². The molecule has 4 saturated carbocycles. The lowest BCUT2D eigenvalue weighted by Gasteiger charge is -2.65. The first-order chi connectivity index (χ1) is 17.8. The molecule has 2 aromatic carbocycles. The Labute approximate surface area is 227 Å². The number of nitro benzene ring substituents is 1. The molecule has 4 aliphatic rings. The molecule has 0 aromatic heterocycles. The molecule has 1 N–H and O–H groups in total. The summed E-state index contributed by atoms with van der Waals surface area (Å²) < 4.78 is 34.1. The fraction of sp³-hybridized carbons (Fsp3) is 0.519. The van der Waals surface area contributed by atoms with Gasteiger partial charge in [-0.05, 0) is 85.6 Å². The first-order valence-corrected chi connectivity index (χ1v) is 14.5. The van der Waals surface area contributed by atoms with Gasteiger partial charge in [0, 0.05) is 22.7 Å². The molecule has 11 heteroatoms. The van der Waals surface area contributed by atoms with Gasteiger partial charge in [0.2, 0.25) is 5.91 Å². The molecular formula is C27H32ClN3O6S. The summed E-state index contributed by atoms with van der Waals surface area (Å²) >= 11 is 6.23. The lowest BCUT2D eigenvalue weighted by molar-refractivity contribution is -0.384. The van der Waals surface area contributed by atoms with E-state index in [1.807, 2.05) is 0 Å². The van der Waals surface area contributed by atoms with Crippen molar-refractivity contribution in [3.63, 3.8) is 0 Å². The highest BCUT2D eigenvalue weighted by molar-refractivity contribution is 7.92. The third-order valence-electron chi connectivity index (χ3n) is 8.36. The minimum atomic E-state index is -4.32. The van der Waals surface area contributed by atoms with E-state index in [4.69, 9.17) is 16.3 Å². The van der Waals surface area contributed by atoms with Gasteiger partial charge in [-0.3, -0.25) is 19.2 Å². The molecule has 4 fully saturated rings. The first kappa shape index (κ1) is 26.7. The molecule has 0 saturated heterocycles. The first-order valence-electron chi connectivity index (χ1n) is 12.7. The molecular weight excluding hydrogens is 530 g/mol. The zero-order valence-electron chi connectivity index (χ0n) is 21.7. The maximum atomic E-state index is 13.9. The lowest BCUT2D eigenvalue weighted by Crippen LogP contribution is -2.65. The van der Waals surface area contributed by atoms with Gasteiger partial charge in [0.15, 0.2) is 0 Å². The van der Waals surface area contributed by atoms with Crippen molar-refractivity contribution in [1.29, 1.82) is 0 Å². The van der Waals surface area contributed by atoms with Crippen molar-refractivity contribution in [2.24, 2.45) is 16.7 Å². The van der Waals surface area contributed by atoms with Crippen LogP contribution in [-0.2, 0) is 14.8 Å². The Hall–Kier alpha value is -2.85. The number of hydrogen-bond donors (Lipinski definition) is 1. The number of anilines is 1. The number of methoxy groups -OCH3 is 1. The van der Waals surface area contributed by atoms with E-state index in [0.29, 0.717) is 5.92 Å². The van der Waals surface area contributed by atoms with Crippen molar-refractivity contribution in [2.75, 3.05) is 18.0 Å². The number of amides is 1. The lowest BCUT2D eigenvalue weighted by atomic mass is 9.43. The predicted molar refractivity (Wildman–Crippen MR) is 144 cm³/mol. The number of nitrogens with one attached hydrogen (secondary N) is 1. The number of carbonyl (C=O) groups excluding carboxylic acids is 1. The summed E-state index contributed by atoms with van der Waals surface area (Å²) in [6.45, 7) is 4.12. The Kier molecular flexibility index (Phi) is 6.42. The zero-order chi connectivity index (χ0) is 27.5. The smallest absolute Gasteiger partial charge is 0.269 e. The van der Waals surface area contributed by atoms with Crippen molar-refractivity contribution < 1.29 is 22.9 Å². The number of hydrogen-bond acceptors (Lipinski definition) is 6. The van der Waals surface area contributed by atoms with Crippen LogP contribution in [0.25, 0.3) is 0 Å². The minimum absolute atomic E-state index is 0.109. The number of benzene rings is 2. The Morgan fingerprint density at radius 3 is 2.29 bits per heavy atom. The average molecular weight is 562 g/mol. The van der Waals surface area contributed by atoms with Crippen LogP contribution >= 0.6 is 11.6 Å². The summed E-state index contributed by atoms with van der Waals surface area (Å²) in [6, 6.07) is 9.11. The number of nitro groups is 1. The van der Waals surface area contributed by atoms with Crippen molar-refractivity contribution >= 4 is 38.9 Å². The summed E-state index contributed by atoms with van der Waals surface area (Å²) in [5, 5.41) is 14.6. The van der Waals surface area contributed by atoms with Crippen LogP contribution in [0.15, 0.2) is 47.4 Å². The van der Waals surface area contributed by atoms with E-state index in [2.05, 4.69) is 19.2 Å². The van der Waals surface area contributed by atoms with Crippen molar-refractivity contribution in [3.8, 4) is 5.75 Å². The number of ether oxygens (including phenoxy) is 1. The van der Waals surface area contributed by atoms with Gasteiger partial charge in [-0.15, -0.1) is 0 Å². The van der Waals surface area contributed by atoms with Gasteiger partial charge in [0.05, 0.1) is 22.6 Å². The molecule has 2 atom stereocenters. The average Bonchev–Trinajstić information content (AvgIpc) is 2.79. The normalized spacial score (nSPS) is 29.6. The Bertz CT molecular complexity index is 1380. The molecule has 2 unspecified atom stereocenters. The molecule has 0 aliphatic heterocycles. The number of halogens is 1. The largest absolute Gasteiger partial charge is 0.495 e. The van der Waals surface area contributed by atoms with E-state index in [-0.39, 0.29) is 43.4 Å². The standard InChI is InChI=1S/C27H32ClN3O6S/c1-25-11-18-12-26(2,15-25)17-27(13-18,16-25)29-24(32)14-30(22-10-19(28)4-9-23(22)37-3)38(35,36)21-7-5-20(6-8-21)31(33)34/h4-10,18H,11-17H2,1-3H3,(H,29,32). The van der Waals surface area contributed by atoms with Crippen LogP contribution in [-0.4, -0.2) is 38.4 Å². The fourth-order valence-electron chi connectivity index (χ4n) is 8.08. The molecule has 4 aliphatic carbocycles. The predicted octanol–water partition coefficient (Wildman–Crippen LogP) is 5.32. The summed E-state index contributed by atoms with van der Waals surface area (Å²) in [7, 11) is -2.92. The number of sulfonamides is 1. The van der Waals surface area contributed by atoms with Crippen LogP contribution in [0, 0.1) is 26.9 Å². The second-order valence-corrected chi connectivity index (χ2v) is 14.3. The van der Waals surface area contributed by atoms with Crippen LogP contribution in [0.2, 0.25) is 5.02 Å². The zero-order valence-corrected chi connectivity index (χ0v) is 23.3. The van der Waals surface area contributed by atoms with E-state index in [0.717, 1.165) is 54.3 Å². The quantitative estimate of drug-likeness (QED) is 0.344. The molecule has 4 bridgehead atoms. The van der Waals surface area contributed by atoms with Gasteiger partial charge in [-0.2, -0.15) is 0 Å². The van der Waals surface area contributed by atoms with Crippen LogP contribution in [0.5, 0.6) is 5.75 Å². The van der Waals surface area contributed by atoms with E-state index >= 15 is 0 Å². The summed E-state index contributed by atoms with van der Waals surface area (Å²) in [5.41, 5.74) is -0.152. The molecule has 2 aromatic rings. The van der Waals surface area contributed by atoms with Gasteiger partial charge in [0.1, 0.15) is 12.3 Å². The molecule has 0 spiro atoms. The third-order valence-corrected chi connectivity index (χ3v) is 10.4. The number of nitrogens with zero attached hydrogens (tertiary/aromatic N) is 2. The maximum Gasteiger partial charge on any atom is 0.269 e. The second-order valence-electron chi connectivity index (χ2n) is 12.0. The minimum Gasteiger partial charge on any atom is -0.495 e. The van der Waals surface area contributed by atoms with Crippen molar-refractivity contribution in [1.82, 2.24) is 5.32 Å². The summed E-state index contributed by atoms with van der Waals surface area (Å²) in [4.78, 5) is 23.9. The van der Waals surface area contributed by atoms with E-state index in [9.17, 15) is 23.3 Å². The SMILES string of the molecule is COc1ccc(Cl)cc1N(CC(=O)NC12CC3CC(C)(CC(C)(C3)C1)C2)S(=O)(=O)c1ccc([N+](=O)[O-])cc1. The summed E-state index contributed by atoms with van der Waals surface area (Å²) in [5.74, 6) is 0.365. The number of carbonyl (C=O) groups is 1. The monoisotopic (exact) mass is 561 g/mol. The molecule has 204 valence electrons. The van der Waals surface area contributed by atoms with Gasteiger partial charge in [-0.1, -0.05) is 25.4 Å². The second kappa shape index (κ2) is 9.12. The molecule has 0 heterocycles. The van der Waals surface area contributed by atoms with Gasteiger partial charge >= 0.3 is 0 Å². The highest BCUT2D eigenvalue weighted by atomic mass is 35.5. The van der Waals surface area contributed by atoms with E-state index < -0.39 is 27.4 Å². The van der Waals surface area contributed by atoms with Crippen molar-refractivity contribution in [3.05, 3.63) is 57.6 Å². The van der Waals surface area contributed by atoms with Crippen molar-refractivity contribution in [2.45, 2.75) is 62.8 Å². The van der Waals surface area contributed by atoms with Gasteiger partial charge in [-0.25, -0.2) is 8.42 Å². The Balaban J connectivity index is 1.49. The molecule has 38 heavy (non-hydrogen) atoms. The Morgan fingerprint density at radius 1 is 1.11 bits per heavy atom. The number of non-ortho nitro benzene ring substituents is 1. The summed E-state index contributed by atoms with van der Waals surface area (Å²) in [6.07, 6.45) is 6.15.